The minimum atomic E-state index is 0.512. The van der Waals surface area contributed by atoms with Crippen LogP contribution in [0.15, 0.2) is 57.4 Å². The van der Waals surface area contributed by atoms with Gasteiger partial charge in [-0.25, -0.2) is 0 Å². The van der Waals surface area contributed by atoms with Crippen LogP contribution >= 0.6 is 34.7 Å². The molecule has 0 radical (unpaired) electrons. The number of hydrogen-bond donors (Lipinski definition) is 1. The first-order valence-electron chi connectivity index (χ1n) is 8.15. The van der Waals surface area contributed by atoms with Gasteiger partial charge in [0.1, 0.15) is 5.75 Å². The Balaban J connectivity index is 1.35. The fourth-order valence-corrected chi connectivity index (χ4v) is 4.01. The van der Waals surface area contributed by atoms with Gasteiger partial charge >= 0.3 is 0 Å². The Bertz CT molecular complexity index is 1050. The van der Waals surface area contributed by atoms with E-state index in [0.29, 0.717) is 27.6 Å². The molecule has 0 saturated carbocycles. The fourth-order valence-electron chi connectivity index (χ4n) is 2.27. The topological polar surface area (TPSA) is 86.0 Å². The van der Waals surface area contributed by atoms with Crippen LogP contribution in [0.3, 0.4) is 0 Å². The van der Waals surface area contributed by atoms with Crippen molar-refractivity contribution < 1.29 is 9.26 Å². The monoisotopic (exact) mass is 431 g/mol. The van der Waals surface area contributed by atoms with Gasteiger partial charge in [-0.15, -0.1) is 10.2 Å². The molecule has 0 aliphatic carbocycles. The zero-order valence-corrected chi connectivity index (χ0v) is 17.0. The summed E-state index contributed by atoms with van der Waals surface area (Å²) in [5, 5.41) is 16.9. The molecular formula is C18H14ClN5O2S2. The van der Waals surface area contributed by atoms with Crippen LogP contribution in [0.25, 0.3) is 11.4 Å². The highest BCUT2D eigenvalue weighted by Crippen LogP contribution is 2.30. The van der Waals surface area contributed by atoms with Gasteiger partial charge in [0.2, 0.25) is 16.8 Å². The third-order valence-corrected chi connectivity index (χ3v) is 5.85. The molecule has 2 aromatic carbocycles. The highest BCUT2D eigenvalue weighted by atomic mass is 35.5. The molecule has 4 aromatic rings. The van der Waals surface area contributed by atoms with Crippen LogP contribution in [0.4, 0.5) is 10.8 Å². The summed E-state index contributed by atoms with van der Waals surface area (Å²) in [6.07, 6.45) is 0. The van der Waals surface area contributed by atoms with Crippen molar-refractivity contribution in [2.45, 2.75) is 10.1 Å². The van der Waals surface area contributed by atoms with Crippen molar-refractivity contribution in [2.75, 3.05) is 12.4 Å². The molecule has 0 aliphatic heterocycles. The molecule has 0 spiro atoms. The first-order valence-corrected chi connectivity index (χ1v) is 10.3. The van der Waals surface area contributed by atoms with Crippen molar-refractivity contribution in [1.29, 1.82) is 0 Å². The smallest absolute Gasteiger partial charge is 0.237 e. The quantitative estimate of drug-likeness (QED) is 0.395. The van der Waals surface area contributed by atoms with Crippen molar-refractivity contribution in [3.05, 3.63) is 59.4 Å². The molecule has 0 bridgehead atoms. The lowest BCUT2D eigenvalue weighted by Gasteiger charge is -2.03. The van der Waals surface area contributed by atoms with Crippen LogP contribution in [-0.4, -0.2) is 27.4 Å². The van der Waals surface area contributed by atoms with Gasteiger partial charge in [0.05, 0.1) is 12.9 Å². The Morgan fingerprint density at radius 1 is 1.11 bits per heavy atom. The summed E-state index contributed by atoms with van der Waals surface area (Å²) in [7, 11) is 1.64. The molecular weight excluding hydrogens is 418 g/mol. The number of halogens is 1. The van der Waals surface area contributed by atoms with Gasteiger partial charge < -0.3 is 14.6 Å². The van der Waals surface area contributed by atoms with E-state index in [0.717, 1.165) is 21.3 Å². The van der Waals surface area contributed by atoms with Crippen molar-refractivity contribution in [2.24, 2.45) is 0 Å². The number of nitrogens with zero attached hydrogens (tertiary/aromatic N) is 4. The molecule has 7 nitrogen and oxygen atoms in total. The lowest BCUT2D eigenvalue weighted by Crippen LogP contribution is -1.89. The summed E-state index contributed by atoms with van der Waals surface area (Å²) in [5.74, 6) is 2.37. The van der Waals surface area contributed by atoms with Crippen LogP contribution in [0.5, 0.6) is 5.75 Å². The van der Waals surface area contributed by atoms with Crippen LogP contribution in [0, 0.1) is 0 Å². The summed E-state index contributed by atoms with van der Waals surface area (Å²) in [6.45, 7) is 0. The van der Waals surface area contributed by atoms with Gasteiger partial charge in [-0.3, -0.25) is 0 Å². The third-order valence-electron chi connectivity index (χ3n) is 3.64. The summed E-state index contributed by atoms with van der Waals surface area (Å²) in [4.78, 5) is 4.40. The number of benzene rings is 2. The Hall–Kier alpha value is -2.62. The van der Waals surface area contributed by atoms with E-state index in [9.17, 15) is 0 Å². The fraction of sp³-hybridized carbons (Fsp3) is 0.111. The van der Waals surface area contributed by atoms with Crippen molar-refractivity contribution in [3.63, 3.8) is 0 Å². The number of thioether (sulfide) groups is 1. The number of methoxy groups -OCH3 is 1. The van der Waals surface area contributed by atoms with Gasteiger partial charge in [-0.1, -0.05) is 39.9 Å². The molecule has 10 heteroatoms. The lowest BCUT2D eigenvalue weighted by molar-refractivity contribution is 0.391. The van der Waals surface area contributed by atoms with E-state index in [-0.39, 0.29) is 0 Å². The number of nitrogens with one attached hydrogen (secondary N) is 1. The Kier molecular flexibility index (Phi) is 5.75. The SMILES string of the molecule is COc1ccc(Nc2nnc(SCc3nc(-c4ccc(Cl)cc4)no3)s2)cc1. The number of hydrogen-bond acceptors (Lipinski definition) is 9. The maximum atomic E-state index is 5.90. The molecule has 0 aliphatic rings. The van der Waals surface area contributed by atoms with E-state index in [1.54, 1.807) is 19.2 Å². The van der Waals surface area contributed by atoms with E-state index < -0.39 is 0 Å². The number of anilines is 2. The second-order valence-electron chi connectivity index (χ2n) is 5.53. The molecule has 0 unspecified atom stereocenters. The van der Waals surface area contributed by atoms with E-state index in [1.807, 2.05) is 36.4 Å². The lowest BCUT2D eigenvalue weighted by atomic mass is 10.2. The largest absolute Gasteiger partial charge is 0.497 e. The molecule has 2 heterocycles. The van der Waals surface area contributed by atoms with Gasteiger partial charge in [0, 0.05) is 16.3 Å². The van der Waals surface area contributed by atoms with Gasteiger partial charge in [0.25, 0.3) is 0 Å². The summed E-state index contributed by atoms with van der Waals surface area (Å²) < 4.78 is 11.3. The second kappa shape index (κ2) is 8.59. The van der Waals surface area contributed by atoms with E-state index >= 15 is 0 Å². The Labute approximate surface area is 174 Å². The predicted octanol–water partition coefficient (Wildman–Crippen LogP) is 5.29. The molecule has 28 heavy (non-hydrogen) atoms. The molecule has 0 amide bonds. The molecule has 2 aromatic heterocycles. The highest BCUT2D eigenvalue weighted by molar-refractivity contribution is 8.00. The number of ether oxygens (including phenoxy) is 1. The highest BCUT2D eigenvalue weighted by Gasteiger charge is 2.11. The maximum absolute atomic E-state index is 5.90. The minimum absolute atomic E-state index is 0.512. The van der Waals surface area contributed by atoms with Crippen LogP contribution in [-0.2, 0) is 5.75 Å². The molecule has 1 N–H and O–H groups in total. The molecule has 0 saturated heterocycles. The molecule has 0 atom stereocenters. The molecule has 0 fully saturated rings. The third kappa shape index (κ3) is 4.61. The van der Waals surface area contributed by atoms with Crippen molar-refractivity contribution >= 4 is 45.5 Å². The van der Waals surface area contributed by atoms with Crippen LogP contribution < -0.4 is 10.1 Å². The van der Waals surface area contributed by atoms with Gasteiger partial charge in [-0.2, -0.15) is 4.98 Å². The first kappa shape index (κ1) is 18.7. The van der Waals surface area contributed by atoms with Crippen molar-refractivity contribution in [1.82, 2.24) is 20.3 Å². The number of aromatic nitrogens is 4. The minimum Gasteiger partial charge on any atom is -0.497 e. The van der Waals surface area contributed by atoms with E-state index in [1.165, 1.54) is 23.1 Å². The van der Waals surface area contributed by atoms with E-state index in [4.69, 9.17) is 20.9 Å². The zero-order chi connectivity index (χ0) is 19.3. The standard InChI is InChI=1S/C18H14ClN5O2S2/c1-25-14-8-6-13(7-9-14)20-17-22-23-18(28-17)27-10-15-21-16(24-26-15)11-2-4-12(19)5-3-11/h2-9H,10H2,1H3,(H,20,22). The maximum Gasteiger partial charge on any atom is 0.237 e. The summed E-state index contributed by atoms with van der Waals surface area (Å²) in [6, 6.07) is 14.9. The van der Waals surface area contributed by atoms with Gasteiger partial charge in [0.15, 0.2) is 4.34 Å². The van der Waals surface area contributed by atoms with Crippen LogP contribution in [0.2, 0.25) is 5.02 Å². The normalized spacial score (nSPS) is 10.8. The summed E-state index contributed by atoms with van der Waals surface area (Å²) in [5.41, 5.74) is 1.77. The van der Waals surface area contributed by atoms with Crippen molar-refractivity contribution in [3.8, 4) is 17.1 Å². The van der Waals surface area contributed by atoms with Gasteiger partial charge in [-0.05, 0) is 48.5 Å². The summed E-state index contributed by atoms with van der Waals surface area (Å²) >= 11 is 8.84. The molecule has 4 rings (SSSR count). The van der Waals surface area contributed by atoms with E-state index in [2.05, 4.69) is 25.7 Å². The zero-order valence-electron chi connectivity index (χ0n) is 14.6. The number of rotatable bonds is 7. The first-order chi connectivity index (χ1) is 13.7. The van der Waals surface area contributed by atoms with Crippen LogP contribution in [0.1, 0.15) is 5.89 Å². The second-order valence-corrected chi connectivity index (χ2v) is 8.17. The average Bonchev–Trinajstić information content (AvgIpc) is 3.37. The average molecular weight is 432 g/mol. The Morgan fingerprint density at radius 2 is 1.89 bits per heavy atom. The molecule has 142 valence electrons. The predicted molar refractivity (Wildman–Crippen MR) is 110 cm³/mol. The Morgan fingerprint density at radius 3 is 2.64 bits per heavy atom.